The molecule has 1 fully saturated rings. The molecule has 1 aliphatic rings. The molecule has 2 aromatic rings. The zero-order chi connectivity index (χ0) is 15.5. The number of carbonyl (C=O) groups is 1. The third-order valence-electron chi connectivity index (χ3n) is 3.69. The van der Waals surface area contributed by atoms with Crippen molar-refractivity contribution in [1.29, 1.82) is 0 Å². The molecule has 22 heavy (non-hydrogen) atoms. The highest BCUT2D eigenvalue weighted by atomic mass is 35.5. The number of ether oxygens (including phenoxy) is 1. The van der Waals surface area contributed by atoms with E-state index in [-0.39, 0.29) is 12.6 Å². The molecule has 0 atom stereocenters. The van der Waals surface area contributed by atoms with Gasteiger partial charge in [0.25, 0.3) is 5.91 Å². The number of rotatable bonds is 4. The molecule has 0 unspecified atom stereocenters. The number of amides is 1. The molecular formula is C16H18ClN3O2. The number of likely N-dealkylation sites (tertiary alicyclic amines) is 1. The Balaban J connectivity index is 1.64. The summed E-state index contributed by atoms with van der Waals surface area (Å²) in [6.07, 6.45) is 3.88. The molecule has 0 N–H and O–H groups in total. The lowest BCUT2D eigenvalue weighted by Gasteiger charge is -2.13. The maximum Gasteiger partial charge on any atom is 0.274 e. The van der Waals surface area contributed by atoms with Gasteiger partial charge in [-0.3, -0.25) is 4.79 Å². The van der Waals surface area contributed by atoms with E-state index < -0.39 is 0 Å². The van der Waals surface area contributed by atoms with E-state index in [2.05, 4.69) is 5.10 Å². The van der Waals surface area contributed by atoms with Gasteiger partial charge in [0.1, 0.15) is 5.75 Å². The summed E-state index contributed by atoms with van der Waals surface area (Å²) in [5, 5.41) is 4.84. The second kappa shape index (κ2) is 6.40. The number of aryl methyl sites for hydroxylation is 1. The lowest BCUT2D eigenvalue weighted by Crippen LogP contribution is -2.28. The molecule has 1 aromatic carbocycles. The van der Waals surface area contributed by atoms with Gasteiger partial charge in [0.2, 0.25) is 0 Å². The van der Waals surface area contributed by atoms with E-state index in [0.29, 0.717) is 16.5 Å². The van der Waals surface area contributed by atoms with E-state index in [4.69, 9.17) is 16.3 Å². The van der Waals surface area contributed by atoms with Crippen LogP contribution in [0, 0.1) is 6.92 Å². The molecule has 1 amide bonds. The summed E-state index contributed by atoms with van der Waals surface area (Å²) >= 11 is 6.09. The van der Waals surface area contributed by atoms with Crippen molar-refractivity contribution in [2.75, 3.05) is 13.1 Å². The molecule has 6 heteroatoms. The molecule has 0 radical (unpaired) electrons. The van der Waals surface area contributed by atoms with Crippen molar-refractivity contribution in [3.63, 3.8) is 0 Å². The second-order valence-electron chi connectivity index (χ2n) is 5.45. The number of benzene rings is 1. The predicted molar refractivity (Wildman–Crippen MR) is 84.2 cm³/mol. The van der Waals surface area contributed by atoms with Crippen LogP contribution in [0.4, 0.5) is 0 Å². The third kappa shape index (κ3) is 3.25. The van der Waals surface area contributed by atoms with Crippen LogP contribution >= 0.6 is 11.6 Å². The van der Waals surface area contributed by atoms with Crippen LogP contribution in [0.3, 0.4) is 0 Å². The zero-order valence-corrected chi connectivity index (χ0v) is 13.2. The number of hydrogen-bond acceptors (Lipinski definition) is 3. The first-order chi connectivity index (χ1) is 10.6. The molecule has 2 heterocycles. The van der Waals surface area contributed by atoms with Crippen LogP contribution in [0.5, 0.6) is 5.75 Å². The topological polar surface area (TPSA) is 47.4 Å². The Labute approximate surface area is 134 Å². The highest BCUT2D eigenvalue weighted by Crippen LogP contribution is 2.25. The SMILES string of the molecule is Cc1ccc(Cl)c(OCn2ccc(C(=O)N3CCCC3)n2)c1. The van der Waals surface area contributed by atoms with E-state index in [1.807, 2.05) is 24.0 Å². The van der Waals surface area contributed by atoms with Crippen LogP contribution in [0.25, 0.3) is 0 Å². The predicted octanol–water partition coefficient (Wildman–Crippen LogP) is 3.12. The van der Waals surface area contributed by atoms with Gasteiger partial charge < -0.3 is 9.64 Å². The lowest BCUT2D eigenvalue weighted by molar-refractivity contribution is 0.0785. The molecule has 3 rings (SSSR count). The summed E-state index contributed by atoms with van der Waals surface area (Å²) in [7, 11) is 0. The minimum Gasteiger partial charge on any atom is -0.470 e. The summed E-state index contributed by atoms with van der Waals surface area (Å²) in [5.74, 6) is 0.606. The van der Waals surface area contributed by atoms with Crippen LogP contribution in [0.15, 0.2) is 30.5 Å². The van der Waals surface area contributed by atoms with Crippen LogP contribution in [-0.2, 0) is 6.73 Å². The minimum atomic E-state index is -0.00941. The fourth-order valence-corrected chi connectivity index (χ4v) is 2.66. The van der Waals surface area contributed by atoms with E-state index in [1.54, 1.807) is 23.0 Å². The maximum atomic E-state index is 12.2. The number of aromatic nitrogens is 2. The van der Waals surface area contributed by atoms with Crippen molar-refractivity contribution in [2.24, 2.45) is 0 Å². The van der Waals surface area contributed by atoms with Crippen molar-refractivity contribution in [3.05, 3.63) is 46.7 Å². The second-order valence-corrected chi connectivity index (χ2v) is 5.85. The van der Waals surface area contributed by atoms with Gasteiger partial charge in [-0.15, -0.1) is 0 Å². The van der Waals surface area contributed by atoms with E-state index >= 15 is 0 Å². The molecule has 5 nitrogen and oxygen atoms in total. The van der Waals surface area contributed by atoms with Gasteiger partial charge in [0.15, 0.2) is 12.4 Å². The van der Waals surface area contributed by atoms with Gasteiger partial charge in [0.05, 0.1) is 5.02 Å². The van der Waals surface area contributed by atoms with E-state index in [1.165, 1.54) is 0 Å². The van der Waals surface area contributed by atoms with E-state index in [0.717, 1.165) is 31.5 Å². The number of halogens is 1. The Hall–Kier alpha value is -2.01. The van der Waals surface area contributed by atoms with Crippen LogP contribution in [-0.4, -0.2) is 33.7 Å². The molecule has 0 aliphatic carbocycles. The van der Waals surface area contributed by atoms with Gasteiger partial charge >= 0.3 is 0 Å². The molecule has 1 aromatic heterocycles. The van der Waals surface area contributed by atoms with Crippen LogP contribution in [0.2, 0.25) is 5.02 Å². The first-order valence-corrected chi connectivity index (χ1v) is 7.73. The van der Waals surface area contributed by atoms with Gasteiger partial charge in [-0.25, -0.2) is 4.68 Å². The van der Waals surface area contributed by atoms with Crippen LogP contribution < -0.4 is 4.74 Å². The number of hydrogen-bond donors (Lipinski definition) is 0. The highest BCUT2D eigenvalue weighted by Gasteiger charge is 2.21. The summed E-state index contributed by atoms with van der Waals surface area (Å²) in [4.78, 5) is 14.1. The lowest BCUT2D eigenvalue weighted by atomic mass is 10.2. The molecular weight excluding hydrogens is 302 g/mol. The van der Waals surface area contributed by atoms with Crippen molar-refractivity contribution >= 4 is 17.5 Å². The largest absolute Gasteiger partial charge is 0.470 e. The molecule has 116 valence electrons. The van der Waals surface area contributed by atoms with Gasteiger partial charge in [-0.2, -0.15) is 5.10 Å². The summed E-state index contributed by atoms with van der Waals surface area (Å²) < 4.78 is 7.27. The maximum absolute atomic E-state index is 12.2. The third-order valence-corrected chi connectivity index (χ3v) is 4.00. The summed E-state index contributed by atoms with van der Waals surface area (Å²) in [6.45, 7) is 3.84. The number of nitrogens with zero attached hydrogens (tertiary/aromatic N) is 3. The Morgan fingerprint density at radius 1 is 1.32 bits per heavy atom. The van der Waals surface area contributed by atoms with Crippen molar-refractivity contribution in [1.82, 2.24) is 14.7 Å². The van der Waals surface area contributed by atoms with Crippen molar-refractivity contribution < 1.29 is 9.53 Å². The smallest absolute Gasteiger partial charge is 0.274 e. The first kappa shape index (κ1) is 14.9. The van der Waals surface area contributed by atoms with Crippen molar-refractivity contribution in [2.45, 2.75) is 26.5 Å². The minimum absolute atomic E-state index is 0.00941. The van der Waals surface area contributed by atoms with Gasteiger partial charge in [0, 0.05) is 19.3 Å². The number of carbonyl (C=O) groups excluding carboxylic acids is 1. The molecule has 1 saturated heterocycles. The Morgan fingerprint density at radius 3 is 2.86 bits per heavy atom. The van der Waals surface area contributed by atoms with E-state index in [9.17, 15) is 4.79 Å². The monoisotopic (exact) mass is 319 g/mol. The normalized spacial score (nSPS) is 14.4. The van der Waals surface area contributed by atoms with Crippen molar-refractivity contribution in [3.8, 4) is 5.75 Å². The fourth-order valence-electron chi connectivity index (χ4n) is 2.49. The zero-order valence-electron chi connectivity index (χ0n) is 12.5. The molecule has 0 spiro atoms. The van der Waals surface area contributed by atoms with Crippen LogP contribution in [0.1, 0.15) is 28.9 Å². The standard InChI is InChI=1S/C16H18ClN3O2/c1-12-4-5-13(17)15(10-12)22-11-20-9-6-14(18-20)16(21)19-7-2-3-8-19/h4-6,9-10H,2-3,7-8,11H2,1H3. The quantitative estimate of drug-likeness (QED) is 0.870. The average molecular weight is 320 g/mol. The van der Waals surface area contributed by atoms with Gasteiger partial charge in [-0.05, 0) is 43.5 Å². The summed E-state index contributed by atoms with van der Waals surface area (Å²) in [6, 6.07) is 7.33. The van der Waals surface area contributed by atoms with Gasteiger partial charge in [-0.1, -0.05) is 17.7 Å². The molecule has 0 bridgehead atoms. The highest BCUT2D eigenvalue weighted by molar-refractivity contribution is 6.32. The Bertz CT molecular complexity index is 678. The summed E-state index contributed by atoms with van der Waals surface area (Å²) in [5.41, 5.74) is 1.53. The Kier molecular flexibility index (Phi) is 4.34. The average Bonchev–Trinajstić information content (AvgIpc) is 3.19. The molecule has 0 saturated carbocycles. The fraction of sp³-hybridized carbons (Fsp3) is 0.375. The molecule has 1 aliphatic heterocycles. The Morgan fingerprint density at radius 2 is 2.09 bits per heavy atom. The first-order valence-electron chi connectivity index (χ1n) is 7.35.